The third kappa shape index (κ3) is 51.0. The second kappa shape index (κ2) is 50.4. The number of carbonyl (C=O) groups excluding carboxylic acids is 2. The van der Waals surface area contributed by atoms with Crippen molar-refractivity contribution in [3.05, 3.63) is 48.6 Å². The Morgan fingerprint density at radius 3 is 1.30 bits per heavy atom. The van der Waals surface area contributed by atoms with E-state index >= 15 is 0 Å². The summed E-state index contributed by atoms with van der Waals surface area (Å²) >= 11 is 0. The Kier molecular flexibility index (Phi) is 48.8. The highest BCUT2D eigenvalue weighted by Gasteiger charge is 2.23. The van der Waals surface area contributed by atoms with Gasteiger partial charge in [0.2, 0.25) is 5.91 Å². The van der Waals surface area contributed by atoms with E-state index in [0.717, 1.165) is 64.2 Å². The van der Waals surface area contributed by atoms with Crippen molar-refractivity contribution in [1.82, 2.24) is 5.32 Å². The zero-order valence-corrected chi connectivity index (χ0v) is 42.4. The second-order valence-electron chi connectivity index (χ2n) is 17.9. The lowest BCUT2D eigenvalue weighted by atomic mass is 10.0. The van der Waals surface area contributed by atoms with Crippen LogP contribution in [0.15, 0.2) is 48.6 Å². The van der Waals surface area contributed by atoms with Crippen molar-refractivity contribution in [3.8, 4) is 0 Å². The van der Waals surface area contributed by atoms with Gasteiger partial charge in [-0.3, -0.25) is 18.6 Å². The number of nitrogens with one attached hydrogen (secondary N) is 1. The maximum atomic E-state index is 12.2. The van der Waals surface area contributed by atoms with Crippen LogP contribution in [0.2, 0.25) is 0 Å². The van der Waals surface area contributed by atoms with Crippen molar-refractivity contribution >= 4 is 19.7 Å². The van der Waals surface area contributed by atoms with Crippen LogP contribution in [0.5, 0.6) is 0 Å². The van der Waals surface area contributed by atoms with E-state index in [1.165, 1.54) is 161 Å². The third-order valence-corrected chi connectivity index (χ3v) is 12.5. The van der Waals surface area contributed by atoms with Gasteiger partial charge in [-0.05, 0) is 57.8 Å². The standard InChI is InChI=1S/C54H100NO8P/c1-3-5-7-9-11-13-15-17-19-21-23-25-26-27-28-30-32-34-36-38-40-42-44-46-53(57)55-48-49-62-64(59,60)63-51-52(56)50-61-54(58)47-45-43-41-39-37-35-33-31-29-24-22-20-18-16-14-12-10-8-6-4-2/h11,13,17,19,23,25,27-28,52,56H,3-10,12,14-16,18,20-22,24,26,29-51H2,1-2H3,(H,55,57)(H,59,60)/b13-11-,19-17-,25-23-,28-27-. The normalized spacial score (nSPS) is 13.5. The summed E-state index contributed by atoms with van der Waals surface area (Å²) in [7, 11) is -4.43. The molecular formula is C54H100NO8P. The molecule has 10 heteroatoms. The summed E-state index contributed by atoms with van der Waals surface area (Å²) in [6.07, 6.45) is 60.5. The Hall–Kier alpha value is -2.03. The Bertz CT molecular complexity index is 1190. The molecule has 0 radical (unpaired) electrons. The minimum absolute atomic E-state index is 0.0753. The minimum Gasteiger partial charge on any atom is -0.463 e. The van der Waals surface area contributed by atoms with Crippen molar-refractivity contribution in [2.24, 2.45) is 0 Å². The van der Waals surface area contributed by atoms with Crippen molar-refractivity contribution in [2.45, 2.75) is 258 Å². The highest BCUT2D eigenvalue weighted by Crippen LogP contribution is 2.42. The first-order chi connectivity index (χ1) is 31.3. The average Bonchev–Trinajstić information content (AvgIpc) is 3.28. The molecule has 0 spiro atoms. The molecular weight excluding hydrogens is 822 g/mol. The van der Waals surface area contributed by atoms with E-state index in [9.17, 15) is 24.2 Å². The SMILES string of the molecule is CCCCC/C=C\C/C=C\C/C=C\C/C=C\CCCCCCCCCC(=O)NCCOP(=O)(O)OCC(O)COC(=O)CCCCCCCCCCCCCCCCCCCCCC. The molecule has 9 nitrogen and oxygen atoms in total. The lowest BCUT2D eigenvalue weighted by Crippen LogP contribution is -2.27. The first kappa shape index (κ1) is 62.0. The smallest absolute Gasteiger partial charge is 0.463 e. The summed E-state index contributed by atoms with van der Waals surface area (Å²) in [5, 5.41) is 12.8. The van der Waals surface area contributed by atoms with Crippen LogP contribution in [-0.2, 0) is 27.9 Å². The van der Waals surface area contributed by atoms with E-state index in [1.807, 2.05) is 0 Å². The summed E-state index contributed by atoms with van der Waals surface area (Å²) < 4.78 is 27.0. The van der Waals surface area contributed by atoms with E-state index < -0.39 is 26.5 Å². The Labute approximate surface area is 394 Å². The van der Waals surface area contributed by atoms with Gasteiger partial charge in [0, 0.05) is 19.4 Å². The highest BCUT2D eigenvalue weighted by molar-refractivity contribution is 7.47. The van der Waals surface area contributed by atoms with Gasteiger partial charge < -0.3 is 20.1 Å². The molecule has 0 aromatic carbocycles. The summed E-state index contributed by atoms with van der Waals surface area (Å²) in [5.41, 5.74) is 0. The molecule has 0 heterocycles. The van der Waals surface area contributed by atoms with E-state index in [0.29, 0.717) is 6.42 Å². The molecule has 3 N–H and O–H groups in total. The van der Waals surface area contributed by atoms with Gasteiger partial charge in [0.05, 0.1) is 13.2 Å². The second-order valence-corrected chi connectivity index (χ2v) is 19.3. The molecule has 2 atom stereocenters. The summed E-state index contributed by atoms with van der Waals surface area (Å²) in [4.78, 5) is 34.1. The third-order valence-electron chi connectivity index (χ3n) is 11.5. The molecule has 0 aliphatic carbocycles. The van der Waals surface area contributed by atoms with E-state index in [-0.39, 0.29) is 32.1 Å². The van der Waals surface area contributed by atoms with Gasteiger partial charge in [0.1, 0.15) is 12.7 Å². The molecule has 64 heavy (non-hydrogen) atoms. The zero-order chi connectivity index (χ0) is 46.7. The van der Waals surface area contributed by atoms with Crippen LogP contribution in [0.4, 0.5) is 0 Å². The Balaban J connectivity index is 3.56. The topological polar surface area (TPSA) is 131 Å². The van der Waals surface area contributed by atoms with E-state index in [4.69, 9.17) is 13.8 Å². The number of unbranched alkanes of at least 4 members (excludes halogenated alkanes) is 29. The predicted molar refractivity (Wildman–Crippen MR) is 270 cm³/mol. The van der Waals surface area contributed by atoms with Crippen LogP contribution in [0.25, 0.3) is 0 Å². The molecule has 0 aromatic heterocycles. The summed E-state index contributed by atoms with van der Waals surface area (Å²) in [5.74, 6) is -0.519. The number of phosphoric ester groups is 1. The minimum atomic E-state index is -4.43. The first-order valence-corrected chi connectivity index (χ1v) is 28.1. The van der Waals surface area contributed by atoms with E-state index in [1.54, 1.807) is 0 Å². The lowest BCUT2D eigenvalue weighted by molar-refractivity contribution is -0.147. The number of phosphoric acid groups is 1. The van der Waals surface area contributed by atoms with Crippen LogP contribution in [0.3, 0.4) is 0 Å². The number of aliphatic hydroxyl groups is 1. The number of rotatable bonds is 50. The van der Waals surface area contributed by atoms with Gasteiger partial charge in [-0.15, -0.1) is 0 Å². The first-order valence-electron chi connectivity index (χ1n) is 26.6. The Morgan fingerprint density at radius 2 is 0.844 bits per heavy atom. The zero-order valence-electron chi connectivity index (χ0n) is 41.5. The molecule has 0 aromatic rings. The van der Waals surface area contributed by atoms with Gasteiger partial charge in [-0.1, -0.05) is 229 Å². The molecule has 2 unspecified atom stereocenters. The number of hydrogen-bond acceptors (Lipinski definition) is 7. The number of ether oxygens (including phenoxy) is 1. The summed E-state index contributed by atoms with van der Waals surface area (Å²) in [6, 6.07) is 0. The fourth-order valence-corrected chi connectivity index (χ4v) is 8.24. The number of carbonyl (C=O) groups is 2. The maximum Gasteiger partial charge on any atom is 0.472 e. The fourth-order valence-electron chi connectivity index (χ4n) is 7.48. The van der Waals surface area contributed by atoms with Crippen LogP contribution < -0.4 is 5.32 Å². The molecule has 0 bridgehead atoms. The van der Waals surface area contributed by atoms with Crippen molar-refractivity contribution in [1.29, 1.82) is 0 Å². The van der Waals surface area contributed by atoms with Gasteiger partial charge in [-0.25, -0.2) is 4.57 Å². The quantitative estimate of drug-likeness (QED) is 0.0238. The molecule has 0 fully saturated rings. The molecule has 0 saturated carbocycles. The number of allylic oxidation sites excluding steroid dienone is 8. The van der Waals surface area contributed by atoms with Crippen LogP contribution in [0.1, 0.15) is 251 Å². The van der Waals surface area contributed by atoms with Crippen LogP contribution in [0, 0.1) is 0 Å². The van der Waals surface area contributed by atoms with Gasteiger partial charge >= 0.3 is 13.8 Å². The van der Waals surface area contributed by atoms with Gasteiger partial charge in [-0.2, -0.15) is 0 Å². The number of hydrogen-bond donors (Lipinski definition) is 3. The number of esters is 1. The molecule has 0 saturated heterocycles. The number of amides is 1. The number of aliphatic hydroxyl groups excluding tert-OH is 1. The Morgan fingerprint density at radius 1 is 0.484 bits per heavy atom. The van der Waals surface area contributed by atoms with Crippen LogP contribution in [-0.4, -0.2) is 54.3 Å². The highest BCUT2D eigenvalue weighted by atomic mass is 31.2. The molecule has 0 rings (SSSR count). The van der Waals surface area contributed by atoms with Crippen LogP contribution >= 0.6 is 7.82 Å². The fraction of sp³-hybridized carbons (Fsp3) is 0.815. The van der Waals surface area contributed by atoms with Gasteiger partial charge in [0.15, 0.2) is 0 Å². The lowest BCUT2D eigenvalue weighted by Gasteiger charge is -2.15. The van der Waals surface area contributed by atoms with E-state index in [2.05, 4.69) is 67.8 Å². The largest absolute Gasteiger partial charge is 0.472 e. The molecule has 0 aliphatic rings. The van der Waals surface area contributed by atoms with Crippen molar-refractivity contribution in [2.75, 3.05) is 26.4 Å². The molecule has 0 aliphatic heterocycles. The maximum absolute atomic E-state index is 12.2. The monoisotopic (exact) mass is 922 g/mol. The van der Waals surface area contributed by atoms with Crippen molar-refractivity contribution in [3.63, 3.8) is 0 Å². The van der Waals surface area contributed by atoms with Crippen molar-refractivity contribution < 1.29 is 37.9 Å². The summed E-state index contributed by atoms with van der Waals surface area (Å²) in [6.45, 7) is 3.55. The molecule has 1 amide bonds. The molecule has 374 valence electrons. The predicted octanol–water partition coefficient (Wildman–Crippen LogP) is 15.8. The average molecular weight is 922 g/mol. The van der Waals surface area contributed by atoms with Gasteiger partial charge in [0.25, 0.3) is 0 Å².